The Labute approximate surface area is 118 Å². The van der Waals surface area contributed by atoms with Crippen molar-refractivity contribution >= 4 is 0 Å². The van der Waals surface area contributed by atoms with E-state index in [-0.39, 0.29) is 0 Å². The van der Waals surface area contributed by atoms with Gasteiger partial charge in [0.1, 0.15) is 0 Å². The lowest BCUT2D eigenvalue weighted by Gasteiger charge is -2.30. The summed E-state index contributed by atoms with van der Waals surface area (Å²) in [6.45, 7) is 7.54. The zero-order valence-corrected chi connectivity index (χ0v) is 13.1. The molecule has 1 unspecified atom stereocenters. The van der Waals surface area contributed by atoms with Crippen LogP contribution in [0.5, 0.6) is 0 Å². The summed E-state index contributed by atoms with van der Waals surface area (Å²) in [7, 11) is 6.46. The monoisotopic (exact) mass is 263 g/mol. The number of hydrogen-bond acceptors (Lipinski definition) is 3. The highest BCUT2D eigenvalue weighted by atomic mass is 15.2. The molecule has 0 heterocycles. The van der Waals surface area contributed by atoms with E-state index < -0.39 is 0 Å². The Hall–Kier alpha value is -0.900. The van der Waals surface area contributed by atoms with Crippen LogP contribution in [0.1, 0.15) is 25.5 Å². The van der Waals surface area contributed by atoms with Gasteiger partial charge in [-0.3, -0.25) is 4.90 Å². The molecule has 0 aliphatic heterocycles. The summed E-state index contributed by atoms with van der Waals surface area (Å²) in [6, 6.07) is 11.7. The van der Waals surface area contributed by atoms with Crippen LogP contribution in [-0.4, -0.2) is 56.6 Å². The molecule has 1 rings (SSSR count). The Morgan fingerprint density at radius 2 is 1.63 bits per heavy atom. The van der Waals surface area contributed by atoms with Crippen molar-refractivity contribution in [1.82, 2.24) is 15.1 Å². The standard InChI is InChI=1S/C16H29N3/c1-14(2)17-13-16(15-9-7-6-8-10-15)19(5)12-11-18(3)4/h6-10,14,16-17H,11-13H2,1-5H3. The highest BCUT2D eigenvalue weighted by molar-refractivity contribution is 5.19. The van der Waals surface area contributed by atoms with Gasteiger partial charge >= 0.3 is 0 Å². The molecule has 3 nitrogen and oxygen atoms in total. The quantitative estimate of drug-likeness (QED) is 0.776. The van der Waals surface area contributed by atoms with Crippen LogP contribution in [0.2, 0.25) is 0 Å². The van der Waals surface area contributed by atoms with Gasteiger partial charge in [0.2, 0.25) is 0 Å². The number of hydrogen-bond donors (Lipinski definition) is 1. The van der Waals surface area contributed by atoms with Crippen LogP contribution in [0.25, 0.3) is 0 Å². The van der Waals surface area contributed by atoms with Gasteiger partial charge in [0, 0.05) is 31.7 Å². The summed E-state index contributed by atoms with van der Waals surface area (Å²) >= 11 is 0. The summed E-state index contributed by atoms with van der Waals surface area (Å²) in [4.78, 5) is 4.67. The Morgan fingerprint density at radius 3 is 2.16 bits per heavy atom. The fourth-order valence-corrected chi connectivity index (χ4v) is 2.06. The maximum absolute atomic E-state index is 3.56. The van der Waals surface area contributed by atoms with Gasteiger partial charge in [-0.2, -0.15) is 0 Å². The van der Waals surface area contributed by atoms with E-state index in [9.17, 15) is 0 Å². The topological polar surface area (TPSA) is 18.5 Å². The zero-order chi connectivity index (χ0) is 14.3. The van der Waals surface area contributed by atoms with Crippen molar-refractivity contribution < 1.29 is 0 Å². The lowest BCUT2D eigenvalue weighted by Crippen LogP contribution is -2.38. The van der Waals surface area contributed by atoms with Crippen LogP contribution in [0.15, 0.2) is 30.3 Å². The third-order valence-electron chi connectivity index (χ3n) is 3.34. The Morgan fingerprint density at radius 1 is 1.00 bits per heavy atom. The second kappa shape index (κ2) is 8.31. The molecule has 0 saturated carbocycles. The number of nitrogens with zero attached hydrogens (tertiary/aromatic N) is 2. The summed E-state index contributed by atoms with van der Waals surface area (Å²) in [5.41, 5.74) is 1.39. The molecular weight excluding hydrogens is 234 g/mol. The Kier molecular flexibility index (Phi) is 7.06. The minimum atomic E-state index is 0.434. The molecule has 1 atom stereocenters. The van der Waals surface area contributed by atoms with Crippen molar-refractivity contribution in [2.24, 2.45) is 0 Å². The Balaban J connectivity index is 2.68. The van der Waals surface area contributed by atoms with E-state index in [1.54, 1.807) is 0 Å². The molecule has 1 N–H and O–H groups in total. The van der Waals surface area contributed by atoms with Crippen LogP contribution >= 0.6 is 0 Å². The number of benzene rings is 1. The first-order chi connectivity index (χ1) is 9.00. The zero-order valence-electron chi connectivity index (χ0n) is 13.1. The first-order valence-corrected chi connectivity index (χ1v) is 7.14. The molecule has 0 bridgehead atoms. The van der Waals surface area contributed by atoms with E-state index in [1.807, 2.05) is 0 Å². The van der Waals surface area contributed by atoms with Crippen LogP contribution in [-0.2, 0) is 0 Å². The van der Waals surface area contributed by atoms with Gasteiger partial charge in [-0.25, -0.2) is 0 Å². The molecule has 0 aliphatic rings. The molecule has 3 heteroatoms. The predicted octanol–water partition coefficient (Wildman–Crippen LogP) is 2.22. The molecule has 0 amide bonds. The average molecular weight is 263 g/mol. The highest BCUT2D eigenvalue weighted by Crippen LogP contribution is 2.18. The lowest BCUT2D eigenvalue weighted by molar-refractivity contribution is 0.211. The maximum atomic E-state index is 3.56. The van der Waals surface area contributed by atoms with E-state index in [2.05, 4.69) is 80.4 Å². The summed E-state index contributed by atoms with van der Waals surface area (Å²) in [5, 5.41) is 3.56. The first-order valence-electron chi connectivity index (χ1n) is 7.14. The minimum absolute atomic E-state index is 0.434. The second-order valence-electron chi connectivity index (χ2n) is 5.77. The molecule has 108 valence electrons. The van der Waals surface area contributed by atoms with E-state index in [1.165, 1.54) is 5.56 Å². The van der Waals surface area contributed by atoms with Crippen LogP contribution in [0.3, 0.4) is 0 Å². The van der Waals surface area contributed by atoms with Gasteiger partial charge in [0.15, 0.2) is 0 Å². The molecule has 0 spiro atoms. The smallest absolute Gasteiger partial charge is 0.0470 e. The van der Waals surface area contributed by atoms with Gasteiger partial charge in [-0.15, -0.1) is 0 Å². The molecule has 1 aromatic rings. The van der Waals surface area contributed by atoms with Crippen LogP contribution in [0, 0.1) is 0 Å². The third-order valence-corrected chi connectivity index (χ3v) is 3.34. The van der Waals surface area contributed by atoms with Crippen LogP contribution in [0.4, 0.5) is 0 Å². The van der Waals surface area contributed by atoms with Crippen LogP contribution < -0.4 is 5.32 Å². The minimum Gasteiger partial charge on any atom is -0.313 e. The molecule has 0 aliphatic carbocycles. The van der Waals surface area contributed by atoms with Gasteiger partial charge < -0.3 is 10.2 Å². The SMILES string of the molecule is CC(C)NCC(c1ccccc1)N(C)CCN(C)C. The predicted molar refractivity (Wildman–Crippen MR) is 83.5 cm³/mol. The van der Waals surface area contributed by atoms with Gasteiger partial charge in [-0.1, -0.05) is 44.2 Å². The van der Waals surface area contributed by atoms with Crippen molar-refractivity contribution in [2.45, 2.75) is 25.9 Å². The fourth-order valence-electron chi connectivity index (χ4n) is 2.06. The van der Waals surface area contributed by atoms with Crippen molar-refractivity contribution in [1.29, 1.82) is 0 Å². The van der Waals surface area contributed by atoms with Gasteiger partial charge in [0.25, 0.3) is 0 Å². The summed E-state index contributed by atoms with van der Waals surface area (Å²) < 4.78 is 0. The number of likely N-dealkylation sites (N-methyl/N-ethyl adjacent to an activating group) is 2. The molecule has 1 aromatic carbocycles. The lowest BCUT2D eigenvalue weighted by atomic mass is 10.1. The fraction of sp³-hybridized carbons (Fsp3) is 0.625. The average Bonchev–Trinajstić information content (AvgIpc) is 2.37. The molecular formula is C16H29N3. The van der Waals surface area contributed by atoms with Crippen molar-refractivity contribution in [3.8, 4) is 0 Å². The molecule has 0 aromatic heterocycles. The first kappa shape index (κ1) is 16.2. The van der Waals surface area contributed by atoms with E-state index in [0.717, 1.165) is 19.6 Å². The maximum Gasteiger partial charge on any atom is 0.0470 e. The normalized spacial score (nSPS) is 13.5. The van der Waals surface area contributed by atoms with Gasteiger partial charge in [-0.05, 0) is 26.7 Å². The van der Waals surface area contributed by atoms with E-state index >= 15 is 0 Å². The van der Waals surface area contributed by atoms with Gasteiger partial charge in [0.05, 0.1) is 0 Å². The highest BCUT2D eigenvalue weighted by Gasteiger charge is 2.16. The van der Waals surface area contributed by atoms with Crippen molar-refractivity contribution in [3.05, 3.63) is 35.9 Å². The summed E-state index contributed by atoms with van der Waals surface area (Å²) in [6.07, 6.45) is 0. The second-order valence-corrected chi connectivity index (χ2v) is 5.77. The Bertz CT molecular complexity index is 335. The van der Waals surface area contributed by atoms with Crippen molar-refractivity contribution in [2.75, 3.05) is 40.8 Å². The van der Waals surface area contributed by atoms with E-state index in [0.29, 0.717) is 12.1 Å². The largest absolute Gasteiger partial charge is 0.313 e. The molecule has 0 saturated heterocycles. The number of rotatable bonds is 8. The van der Waals surface area contributed by atoms with E-state index in [4.69, 9.17) is 0 Å². The third kappa shape index (κ3) is 6.19. The number of nitrogens with one attached hydrogen (secondary N) is 1. The summed E-state index contributed by atoms with van der Waals surface area (Å²) in [5.74, 6) is 0. The van der Waals surface area contributed by atoms with Crippen molar-refractivity contribution in [3.63, 3.8) is 0 Å². The molecule has 19 heavy (non-hydrogen) atoms. The molecule has 0 fully saturated rings. The molecule has 0 radical (unpaired) electrons.